The molecular formula is C44H32N4O. The Morgan fingerprint density at radius 1 is 0.469 bits per heavy atom. The normalized spacial score (nSPS) is 14.9. The summed E-state index contributed by atoms with van der Waals surface area (Å²) < 4.78 is 6.75. The number of benzene rings is 5. The number of rotatable bonds is 3. The summed E-state index contributed by atoms with van der Waals surface area (Å²) in [6, 6.07) is 40.5. The van der Waals surface area contributed by atoms with Gasteiger partial charge in [0.2, 0.25) is 0 Å². The molecule has 0 saturated heterocycles. The first-order valence-electron chi connectivity index (χ1n) is 16.8. The van der Waals surface area contributed by atoms with Crippen molar-refractivity contribution in [2.45, 2.75) is 38.5 Å². The van der Waals surface area contributed by atoms with E-state index in [1.165, 1.54) is 44.5 Å². The zero-order valence-corrected chi connectivity index (χ0v) is 27.7. The van der Waals surface area contributed by atoms with Crippen molar-refractivity contribution >= 4 is 21.9 Å². The highest BCUT2D eigenvalue weighted by Gasteiger charge is 2.37. The van der Waals surface area contributed by atoms with Crippen LogP contribution in [0, 0.1) is 0 Å². The Balaban J connectivity index is 1.17. The molecule has 10 rings (SSSR count). The lowest BCUT2D eigenvalue weighted by atomic mass is 9.82. The van der Waals surface area contributed by atoms with Crippen LogP contribution in [0.4, 0.5) is 0 Å². The Morgan fingerprint density at radius 2 is 1.10 bits per heavy atom. The summed E-state index contributed by atoms with van der Waals surface area (Å²) in [6.07, 6.45) is 1.77. The summed E-state index contributed by atoms with van der Waals surface area (Å²) in [7, 11) is 0. The molecule has 0 spiro atoms. The smallest absolute Gasteiger partial charge is 0.182 e. The molecule has 8 aromatic rings. The van der Waals surface area contributed by atoms with Crippen LogP contribution in [0.1, 0.15) is 49.9 Å². The average Bonchev–Trinajstić information content (AvgIpc) is 3.70. The van der Waals surface area contributed by atoms with E-state index >= 15 is 0 Å². The van der Waals surface area contributed by atoms with Crippen molar-refractivity contribution in [1.82, 2.24) is 19.9 Å². The second-order valence-corrected chi connectivity index (χ2v) is 14.3. The van der Waals surface area contributed by atoms with Gasteiger partial charge in [-0.2, -0.15) is 0 Å². The van der Waals surface area contributed by atoms with Crippen molar-refractivity contribution in [3.63, 3.8) is 0 Å². The molecule has 5 heteroatoms. The van der Waals surface area contributed by atoms with E-state index in [1.807, 2.05) is 24.3 Å². The van der Waals surface area contributed by atoms with E-state index in [-0.39, 0.29) is 10.8 Å². The van der Waals surface area contributed by atoms with Crippen molar-refractivity contribution in [2.75, 3.05) is 0 Å². The Kier molecular flexibility index (Phi) is 5.62. The minimum Gasteiger partial charge on any atom is -0.455 e. The lowest BCUT2D eigenvalue weighted by Crippen LogP contribution is -2.15. The second-order valence-electron chi connectivity index (χ2n) is 14.3. The number of hydrogen-bond donors (Lipinski definition) is 0. The van der Waals surface area contributed by atoms with Crippen LogP contribution in [-0.2, 0) is 10.8 Å². The van der Waals surface area contributed by atoms with Gasteiger partial charge in [0.1, 0.15) is 16.9 Å². The Morgan fingerprint density at radius 3 is 1.86 bits per heavy atom. The maximum atomic E-state index is 6.75. The van der Waals surface area contributed by atoms with Crippen LogP contribution >= 0.6 is 0 Å². The standard InChI is InChI=1S/C44H32N4O/c1-43(2)33-16-7-5-12-26(33)28-20-19-25(22-35(28)43)40-46-41(48-42(47-40)37-18-9-10-21-45-37)30-15-11-14-29-32-23-36-31(24-38(32)49-39(29)30)27-13-6-8-17-34(27)44(36,3)4/h5-24H,1-4H3. The van der Waals surface area contributed by atoms with E-state index in [0.29, 0.717) is 23.2 Å². The minimum absolute atomic E-state index is 0.103. The first-order chi connectivity index (χ1) is 23.8. The molecule has 0 fully saturated rings. The predicted molar refractivity (Wildman–Crippen MR) is 196 cm³/mol. The Hall–Kier alpha value is -5.94. The van der Waals surface area contributed by atoms with E-state index in [1.54, 1.807) is 6.20 Å². The van der Waals surface area contributed by atoms with E-state index in [0.717, 1.165) is 33.1 Å². The van der Waals surface area contributed by atoms with Crippen molar-refractivity contribution in [2.24, 2.45) is 0 Å². The Labute approximate surface area is 284 Å². The fourth-order valence-corrected chi connectivity index (χ4v) is 8.25. The predicted octanol–water partition coefficient (Wildman–Crippen LogP) is 10.8. The minimum atomic E-state index is -0.142. The van der Waals surface area contributed by atoms with Crippen LogP contribution in [0.25, 0.3) is 78.5 Å². The second kappa shape index (κ2) is 9.80. The molecule has 3 heterocycles. The zero-order chi connectivity index (χ0) is 33.1. The number of furan rings is 1. The van der Waals surface area contributed by atoms with Crippen molar-refractivity contribution in [1.29, 1.82) is 0 Å². The monoisotopic (exact) mass is 632 g/mol. The van der Waals surface area contributed by atoms with Crippen molar-refractivity contribution in [3.8, 4) is 56.5 Å². The van der Waals surface area contributed by atoms with E-state index in [4.69, 9.17) is 19.4 Å². The summed E-state index contributed by atoms with van der Waals surface area (Å²) in [5, 5.41) is 2.14. The van der Waals surface area contributed by atoms with Gasteiger partial charge in [0.05, 0.1) is 5.56 Å². The summed E-state index contributed by atoms with van der Waals surface area (Å²) >= 11 is 0. The van der Waals surface area contributed by atoms with Crippen LogP contribution in [0.2, 0.25) is 0 Å². The van der Waals surface area contributed by atoms with Gasteiger partial charge in [-0.15, -0.1) is 0 Å². The first-order valence-corrected chi connectivity index (χ1v) is 16.8. The number of para-hydroxylation sites is 1. The summed E-state index contributed by atoms with van der Waals surface area (Å²) in [5.41, 5.74) is 14.1. The molecule has 0 unspecified atom stereocenters. The van der Waals surface area contributed by atoms with Crippen molar-refractivity contribution in [3.05, 3.63) is 144 Å². The molecule has 0 atom stereocenters. The topological polar surface area (TPSA) is 64.7 Å². The van der Waals surface area contributed by atoms with Gasteiger partial charge in [0.25, 0.3) is 0 Å². The fourth-order valence-electron chi connectivity index (χ4n) is 8.25. The van der Waals surface area contributed by atoms with Crippen molar-refractivity contribution < 1.29 is 4.42 Å². The number of fused-ring (bicyclic) bond motifs is 9. The highest BCUT2D eigenvalue weighted by atomic mass is 16.3. The molecule has 0 aliphatic heterocycles. The molecule has 234 valence electrons. The SMILES string of the molecule is CC1(C)c2ccccc2-c2ccc(-c3nc(-c4ccccn4)nc(-c4cccc5c4oc4cc6c(cc45)C(C)(C)c4ccccc4-6)n3)cc21. The van der Waals surface area contributed by atoms with Gasteiger partial charge in [-0.05, 0) is 80.9 Å². The molecule has 0 amide bonds. The number of hydrogen-bond acceptors (Lipinski definition) is 5. The van der Waals surface area contributed by atoms with Crippen LogP contribution in [0.5, 0.6) is 0 Å². The lowest BCUT2D eigenvalue weighted by molar-refractivity contribution is 0.658. The molecule has 49 heavy (non-hydrogen) atoms. The fraction of sp³-hybridized carbons (Fsp3) is 0.136. The maximum Gasteiger partial charge on any atom is 0.182 e. The van der Waals surface area contributed by atoms with Crippen LogP contribution in [0.3, 0.4) is 0 Å². The molecule has 5 aromatic carbocycles. The van der Waals surface area contributed by atoms with Crippen LogP contribution in [-0.4, -0.2) is 19.9 Å². The summed E-state index contributed by atoms with van der Waals surface area (Å²) in [4.78, 5) is 19.8. The third kappa shape index (κ3) is 3.93. The molecule has 0 bridgehead atoms. The molecule has 0 N–H and O–H groups in total. The molecule has 3 aromatic heterocycles. The molecule has 2 aliphatic carbocycles. The number of pyridine rings is 1. The third-order valence-electron chi connectivity index (χ3n) is 10.8. The average molecular weight is 633 g/mol. The Bertz CT molecular complexity index is 2670. The zero-order valence-electron chi connectivity index (χ0n) is 27.7. The van der Waals surface area contributed by atoms with E-state index in [9.17, 15) is 0 Å². The van der Waals surface area contributed by atoms with Gasteiger partial charge in [0.15, 0.2) is 17.5 Å². The molecule has 5 nitrogen and oxygen atoms in total. The number of aromatic nitrogens is 4. The van der Waals surface area contributed by atoms with Crippen LogP contribution < -0.4 is 0 Å². The highest BCUT2D eigenvalue weighted by Crippen LogP contribution is 2.52. The van der Waals surface area contributed by atoms with Gasteiger partial charge in [-0.3, -0.25) is 4.98 Å². The summed E-state index contributed by atoms with van der Waals surface area (Å²) in [5.74, 6) is 1.68. The highest BCUT2D eigenvalue weighted by molar-refractivity contribution is 6.11. The molecular weight excluding hydrogens is 601 g/mol. The van der Waals surface area contributed by atoms with E-state index < -0.39 is 0 Å². The quantitative estimate of drug-likeness (QED) is 0.194. The van der Waals surface area contributed by atoms with Gasteiger partial charge in [0, 0.05) is 33.4 Å². The van der Waals surface area contributed by atoms with Gasteiger partial charge < -0.3 is 4.42 Å². The van der Waals surface area contributed by atoms with Crippen LogP contribution in [0.15, 0.2) is 126 Å². The van der Waals surface area contributed by atoms with Gasteiger partial charge >= 0.3 is 0 Å². The third-order valence-corrected chi connectivity index (χ3v) is 10.8. The molecule has 2 aliphatic rings. The largest absolute Gasteiger partial charge is 0.455 e. The molecule has 0 radical (unpaired) electrons. The lowest BCUT2D eigenvalue weighted by Gasteiger charge is -2.21. The first kappa shape index (κ1) is 28.1. The van der Waals surface area contributed by atoms with Gasteiger partial charge in [-0.25, -0.2) is 15.0 Å². The van der Waals surface area contributed by atoms with E-state index in [2.05, 4.69) is 124 Å². The van der Waals surface area contributed by atoms with Gasteiger partial charge in [-0.1, -0.05) is 107 Å². The number of nitrogens with zero attached hydrogens (tertiary/aromatic N) is 4. The maximum absolute atomic E-state index is 6.75. The summed E-state index contributed by atoms with van der Waals surface area (Å²) in [6.45, 7) is 9.19. The molecule has 0 saturated carbocycles.